The number of hydrogen-bond acceptors (Lipinski definition) is 5. The van der Waals surface area contributed by atoms with E-state index < -0.39 is 0 Å². The number of fused-ring (bicyclic) bond motifs is 1. The summed E-state index contributed by atoms with van der Waals surface area (Å²) in [5, 5.41) is 0. The van der Waals surface area contributed by atoms with Crippen LogP contribution >= 0.6 is 0 Å². The second-order valence-corrected chi connectivity index (χ2v) is 7.01. The third-order valence-electron chi connectivity index (χ3n) is 5.17. The Morgan fingerprint density at radius 1 is 1.00 bits per heavy atom. The summed E-state index contributed by atoms with van der Waals surface area (Å²) in [7, 11) is 0. The zero-order valence-corrected chi connectivity index (χ0v) is 18.2. The minimum absolute atomic E-state index is 0. The first-order chi connectivity index (χ1) is 13.8. The van der Waals surface area contributed by atoms with Crippen LogP contribution in [-0.4, -0.2) is 55.1 Å². The van der Waals surface area contributed by atoms with Crippen molar-refractivity contribution in [2.75, 3.05) is 39.5 Å². The van der Waals surface area contributed by atoms with Gasteiger partial charge in [0.25, 0.3) is 0 Å². The second-order valence-electron chi connectivity index (χ2n) is 7.01. The number of piperazine rings is 1. The molecule has 2 fully saturated rings. The molecule has 0 N–H and O–H groups in total. The first-order valence-electron chi connectivity index (χ1n) is 9.56. The van der Waals surface area contributed by atoms with Crippen molar-refractivity contribution in [1.82, 2.24) is 9.80 Å². The predicted molar refractivity (Wildman–Crippen MR) is 103 cm³/mol. The molecule has 29 heavy (non-hydrogen) atoms. The molecule has 1 saturated carbocycles. The number of carbonyl (C=O) groups excluding carboxylic acids is 1. The maximum absolute atomic E-state index is 12.0. The molecule has 6 nitrogen and oxygen atoms in total. The number of benzene rings is 1. The fourth-order valence-corrected chi connectivity index (χ4v) is 3.64. The van der Waals surface area contributed by atoms with Gasteiger partial charge in [-0.25, -0.2) is 0 Å². The van der Waals surface area contributed by atoms with Gasteiger partial charge in [0.15, 0.2) is 11.5 Å². The number of carbonyl (C=O) groups is 1. The Morgan fingerprint density at radius 2 is 1.66 bits per heavy atom. The van der Waals surface area contributed by atoms with Gasteiger partial charge >= 0.3 is 11.3 Å². The molecule has 2 aliphatic heterocycles. The molecule has 0 amide bonds. The Kier molecular flexibility index (Phi) is 10.4. The van der Waals surface area contributed by atoms with Crippen LogP contribution < -0.4 is 9.47 Å². The van der Waals surface area contributed by atoms with Crippen molar-refractivity contribution < 1.29 is 39.0 Å². The summed E-state index contributed by atoms with van der Waals surface area (Å²) in [5.41, 5.74) is 1.27. The summed E-state index contributed by atoms with van der Waals surface area (Å²) in [6, 6.07) is 6.21. The molecule has 0 unspecified atom stereocenters. The monoisotopic (exact) mass is 480 g/mol. The van der Waals surface area contributed by atoms with Crippen LogP contribution in [0.1, 0.15) is 18.4 Å². The molecule has 2 heterocycles. The molecule has 1 aromatic carbocycles. The van der Waals surface area contributed by atoms with E-state index in [0.717, 1.165) is 63.1 Å². The zero-order valence-electron chi connectivity index (χ0n) is 16.3. The van der Waals surface area contributed by atoms with E-state index in [1.54, 1.807) is 0 Å². The Labute approximate surface area is 187 Å². The first-order valence-corrected chi connectivity index (χ1v) is 9.56. The maximum atomic E-state index is 12.0. The van der Waals surface area contributed by atoms with Crippen LogP contribution in [0.3, 0.4) is 0 Å². The normalized spacial score (nSPS) is 19.2. The van der Waals surface area contributed by atoms with Crippen LogP contribution in [0.4, 0.5) is 0 Å². The van der Waals surface area contributed by atoms with Gasteiger partial charge in [-0.1, -0.05) is 6.07 Å². The van der Waals surface area contributed by atoms with Crippen molar-refractivity contribution in [3.63, 3.8) is 0 Å². The summed E-state index contributed by atoms with van der Waals surface area (Å²) < 4.78 is 18.3. The van der Waals surface area contributed by atoms with Crippen molar-refractivity contribution in [2.45, 2.75) is 19.4 Å². The molecule has 1 saturated heterocycles. The van der Waals surface area contributed by atoms with Gasteiger partial charge in [0.1, 0.15) is 5.78 Å². The van der Waals surface area contributed by atoms with E-state index in [-0.39, 0.29) is 25.9 Å². The SMILES string of the molecule is O=C(CCCN1CCN(Cc2ccc3c(c2)OCO3)CC1)[C]1[CH][CH][CH][CH]1.[99Tc].[C-]#[O+]. The third kappa shape index (κ3) is 6.92. The molecular weight excluding hydrogens is 455 g/mol. The Hall–Kier alpha value is -1.20. The first kappa shape index (κ1) is 24.1. The molecule has 6 radical (unpaired) electrons. The number of Topliss-reactive ketones (excluding diaryl/α,β-unsaturated/α-hetero) is 1. The van der Waals surface area contributed by atoms with Crippen molar-refractivity contribution in [3.05, 3.63) is 62.0 Å². The number of hydrogen-bond donors (Lipinski definition) is 0. The summed E-state index contributed by atoms with van der Waals surface area (Å²) in [4.78, 5) is 17.0. The molecule has 0 bridgehead atoms. The number of nitrogens with zero attached hydrogens (tertiary/aromatic N) is 2. The van der Waals surface area contributed by atoms with Crippen molar-refractivity contribution in [2.24, 2.45) is 0 Å². The quantitative estimate of drug-likeness (QED) is 0.443. The number of rotatable bonds is 7. The molecule has 1 aliphatic carbocycles. The predicted octanol–water partition coefficient (Wildman–Crippen LogP) is 2.25. The average Bonchev–Trinajstić information content (AvgIpc) is 3.42. The van der Waals surface area contributed by atoms with Crippen LogP contribution in [0.25, 0.3) is 0 Å². The molecule has 0 atom stereocenters. The fourth-order valence-electron chi connectivity index (χ4n) is 3.64. The Balaban J connectivity index is 0.000000970. The fraction of sp³-hybridized carbons (Fsp3) is 0.409. The van der Waals surface area contributed by atoms with Gasteiger partial charge in [0.2, 0.25) is 6.79 Å². The van der Waals surface area contributed by atoms with Crippen LogP contribution in [0.15, 0.2) is 18.2 Å². The summed E-state index contributed by atoms with van der Waals surface area (Å²) in [5.74, 6) is 2.81. The van der Waals surface area contributed by atoms with Gasteiger partial charge in [-0.3, -0.25) is 9.69 Å². The minimum atomic E-state index is 0. The van der Waals surface area contributed by atoms with Gasteiger partial charge < -0.3 is 14.4 Å². The van der Waals surface area contributed by atoms with Gasteiger partial charge in [0, 0.05) is 65.2 Å². The van der Waals surface area contributed by atoms with Gasteiger partial charge in [0.05, 0.1) is 0 Å². The van der Waals surface area contributed by atoms with E-state index in [1.165, 1.54) is 5.56 Å². The van der Waals surface area contributed by atoms with E-state index in [1.807, 2.05) is 31.7 Å². The van der Waals surface area contributed by atoms with E-state index >= 15 is 0 Å². The van der Waals surface area contributed by atoms with E-state index in [0.29, 0.717) is 13.2 Å². The Bertz CT molecular complexity index is 668. The summed E-state index contributed by atoms with van der Waals surface area (Å²) >= 11 is 0. The van der Waals surface area contributed by atoms with E-state index in [4.69, 9.17) is 14.1 Å². The second kappa shape index (κ2) is 12.5. The third-order valence-corrected chi connectivity index (χ3v) is 5.17. The van der Waals surface area contributed by atoms with Gasteiger partial charge in [-0.15, -0.1) is 0 Å². The molecule has 7 heteroatoms. The molecule has 154 valence electrons. The van der Waals surface area contributed by atoms with Gasteiger partial charge in [-0.05, 0) is 56.3 Å². The van der Waals surface area contributed by atoms with Crippen LogP contribution in [0.5, 0.6) is 11.5 Å². The topological polar surface area (TPSA) is 61.9 Å². The van der Waals surface area contributed by atoms with Crippen LogP contribution in [-0.2, 0) is 36.1 Å². The molecule has 4 rings (SSSR count). The Morgan fingerprint density at radius 3 is 2.38 bits per heavy atom. The number of ether oxygens (including phenoxy) is 2. The summed E-state index contributed by atoms with van der Waals surface area (Å²) in [6.07, 6.45) is 9.22. The zero-order chi connectivity index (χ0) is 19.8. The molecule has 1 aromatic rings. The van der Waals surface area contributed by atoms with Gasteiger partial charge in [-0.2, -0.15) is 0 Å². The standard InChI is InChI=1S/C21H25N2O3.CO.Tc/c24-19(18-4-1-2-5-18)6-3-9-22-10-12-23(13-11-22)15-17-7-8-20-21(14-17)26-16-25-20;1-2;/h1-2,4-5,7-8,14H,3,6,9-13,15-16H2;;/i;;1+1. The van der Waals surface area contributed by atoms with E-state index in [2.05, 4.69) is 28.6 Å². The molecule has 0 aromatic heterocycles. The molecular formula is C22H25N2O4Tc. The van der Waals surface area contributed by atoms with Crippen molar-refractivity contribution in [3.8, 4) is 11.5 Å². The van der Waals surface area contributed by atoms with Crippen molar-refractivity contribution >= 4 is 5.78 Å². The number of ketones is 1. The summed E-state index contributed by atoms with van der Waals surface area (Å²) in [6.45, 7) is 11.0. The van der Waals surface area contributed by atoms with Crippen molar-refractivity contribution in [1.29, 1.82) is 0 Å². The van der Waals surface area contributed by atoms with E-state index in [9.17, 15) is 4.79 Å². The van der Waals surface area contributed by atoms with Crippen LogP contribution in [0, 0.1) is 38.3 Å². The average molecular weight is 480 g/mol. The molecule has 0 spiro atoms. The van der Waals surface area contributed by atoms with Crippen LogP contribution in [0.2, 0.25) is 0 Å². The molecule has 3 aliphatic rings.